The van der Waals surface area contributed by atoms with Gasteiger partial charge in [-0.15, -0.1) is 0 Å². The summed E-state index contributed by atoms with van der Waals surface area (Å²) < 4.78 is 8.13. The van der Waals surface area contributed by atoms with Crippen LogP contribution < -0.4 is 9.30 Å². The molecule has 0 atom stereocenters. The molecule has 0 radical (unpaired) electrons. The highest BCUT2D eigenvalue weighted by atomic mass is 16.5. The van der Waals surface area contributed by atoms with Crippen molar-refractivity contribution in [1.29, 1.82) is 0 Å². The monoisotopic (exact) mass is 537 g/mol. The van der Waals surface area contributed by atoms with Crippen molar-refractivity contribution >= 4 is 11.8 Å². The van der Waals surface area contributed by atoms with Gasteiger partial charge in [0.1, 0.15) is 12.8 Å². The quantitative estimate of drug-likeness (QED) is 0.151. The normalized spacial score (nSPS) is 11.4. The van der Waals surface area contributed by atoms with E-state index in [9.17, 15) is 9.59 Å². The Balaban J connectivity index is 1.87. The lowest BCUT2D eigenvalue weighted by Gasteiger charge is -2.25. The van der Waals surface area contributed by atoms with Crippen LogP contribution in [0, 0.1) is 0 Å². The molecule has 2 aromatic rings. The maximum atomic E-state index is 13.4. The van der Waals surface area contributed by atoms with Gasteiger partial charge in [0.25, 0.3) is 5.91 Å². The third kappa shape index (κ3) is 11.9. The van der Waals surface area contributed by atoms with Crippen molar-refractivity contribution in [2.24, 2.45) is 7.05 Å². The molecule has 2 amide bonds. The van der Waals surface area contributed by atoms with Crippen molar-refractivity contribution in [2.75, 3.05) is 6.61 Å². The highest BCUT2D eigenvalue weighted by molar-refractivity contribution is 6.04. The highest BCUT2D eigenvalue weighted by Crippen LogP contribution is 2.33. The Morgan fingerprint density at radius 2 is 1.46 bits per heavy atom. The number of rotatable bonds is 17. The average molecular weight is 538 g/mol. The van der Waals surface area contributed by atoms with Gasteiger partial charge in [0.15, 0.2) is 12.4 Å². The minimum Gasteiger partial charge on any atom is -0.493 e. The van der Waals surface area contributed by atoms with E-state index in [2.05, 4.69) is 27.7 Å². The van der Waals surface area contributed by atoms with Gasteiger partial charge >= 0.3 is 0 Å². The summed E-state index contributed by atoms with van der Waals surface area (Å²) in [5, 5.41) is 0. The summed E-state index contributed by atoms with van der Waals surface area (Å²) in [6.07, 6.45) is 19.6. The van der Waals surface area contributed by atoms with Crippen LogP contribution in [0.3, 0.4) is 0 Å². The van der Waals surface area contributed by atoms with E-state index >= 15 is 0 Å². The second kappa shape index (κ2) is 17.1. The molecule has 0 bridgehead atoms. The van der Waals surface area contributed by atoms with Crippen molar-refractivity contribution in [3.8, 4) is 5.75 Å². The Morgan fingerprint density at radius 3 is 2.00 bits per heavy atom. The van der Waals surface area contributed by atoms with Crippen LogP contribution in [0.1, 0.15) is 133 Å². The number of aromatic nitrogens is 1. The molecule has 0 aliphatic carbocycles. The standard InChI is InChI=1S/C34H53N2O3/c1-7-8-9-10-11-12-13-14-15-16-17-18-24-39-32-22-21-30(25-31(32)34(3,4)5)33(38)36(28(2)37)27-29-20-19-23-35(6)26-29/h19-23,25-26H,7-18,24,27H2,1-6H3/q+1. The van der Waals surface area contributed by atoms with Gasteiger partial charge in [-0.25, -0.2) is 4.57 Å². The molecule has 39 heavy (non-hydrogen) atoms. The number of imide groups is 1. The summed E-state index contributed by atoms with van der Waals surface area (Å²) in [5.74, 6) is 0.273. The molecule has 0 unspecified atom stereocenters. The number of pyridine rings is 1. The number of unbranched alkanes of at least 4 members (excludes halogenated alkanes) is 11. The summed E-state index contributed by atoms with van der Waals surface area (Å²) in [6, 6.07) is 9.43. The van der Waals surface area contributed by atoms with Crippen LogP contribution in [0.25, 0.3) is 0 Å². The van der Waals surface area contributed by atoms with Crippen LogP contribution in [0.2, 0.25) is 0 Å². The lowest BCUT2D eigenvalue weighted by Crippen LogP contribution is -2.36. The Labute approximate surface area is 238 Å². The third-order valence-electron chi connectivity index (χ3n) is 7.26. The molecular formula is C34H53N2O3+. The molecule has 0 saturated carbocycles. The van der Waals surface area contributed by atoms with Gasteiger partial charge in [-0.1, -0.05) is 98.3 Å². The molecule has 0 aliphatic rings. The lowest BCUT2D eigenvalue weighted by molar-refractivity contribution is -0.672. The van der Waals surface area contributed by atoms with Crippen molar-refractivity contribution in [3.63, 3.8) is 0 Å². The molecule has 2 rings (SSSR count). The maximum absolute atomic E-state index is 13.4. The summed E-state index contributed by atoms with van der Waals surface area (Å²) in [5.41, 5.74) is 2.20. The van der Waals surface area contributed by atoms with Gasteiger partial charge in [0.05, 0.1) is 13.2 Å². The Bertz CT molecular complexity index is 1030. The minimum absolute atomic E-state index is 0.198. The Kier molecular flexibility index (Phi) is 14.3. The van der Waals surface area contributed by atoms with Crippen LogP contribution >= 0.6 is 0 Å². The zero-order valence-electron chi connectivity index (χ0n) is 25.6. The molecule has 0 N–H and O–H groups in total. The SMILES string of the molecule is CCCCCCCCCCCCCCOc1ccc(C(=O)N(Cc2ccc[n+](C)c2)C(C)=O)cc1C(C)(C)C. The van der Waals surface area contributed by atoms with E-state index in [1.165, 1.54) is 82.5 Å². The lowest BCUT2D eigenvalue weighted by atomic mass is 9.85. The number of aryl methyl sites for hydroxylation is 1. The Hall–Kier alpha value is -2.69. The number of amides is 2. The van der Waals surface area contributed by atoms with Crippen LogP contribution in [0.15, 0.2) is 42.7 Å². The number of nitrogens with zero attached hydrogens (tertiary/aromatic N) is 2. The van der Waals surface area contributed by atoms with E-state index in [4.69, 9.17) is 4.74 Å². The zero-order valence-corrected chi connectivity index (χ0v) is 25.6. The van der Waals surface area contributed by atoms with Gasteiger partial charge in [-0.2, -0.15) is 0 Å². The molecule has 1 aromatic heterocycles. The molecule has 0 spiro atoms. The largest absolute Gasteiger partial charge is 0.493 e. The fourth-order valence-electron chi connectivity index (χ4n) is 4.91. The number of ether oxygens (including phenoxy) is 1. The molecule has 1 aromatic carbocycles. The second-order valence-corrected chi connectivity index (χ2v) is 12.0. The second-order valence-electron chi connectivity index (χ2n) is 12.0. The van der Waals surface area contributed by atoms with Crippen molar-refractivity contribution in [3.05, 3.63) is 59.4 Å². The maximum Gasteiger partial charge on any atom is 0.260 e. The van der Waals surface area contributed by atoms with Crippen LogP contribution in [-0.2, 0) is 23.8 Å². The van der Waals surface area contributed by atoms with Crippen LogP contribution in [-0.4, -0.2) is 23.3 Å². The molecule has 0 saturated heterocycles. The van der Waals surface area contributed by atoms with Gasteiger partial charge < -0.3 is 4.74 Å². The van der Waals surface area contributed by atoms with E-state index in [-0.39, 0.29) is 23.8 Å². The number of benzene rings is 1. The summed E-state index contributed by atoms with van der Waals surface area (Å²) in [6.45, 7) is 11.0. The van der Waals surface area contributed by atoms with Crippen LogP contribution in [0.5, 0.6) is 5.75 Å². The molecule has 5 heteroatoms. The van der Waals surface area contributed by atoms with E-state index in [0.717, 1.165) is 23.3 Å². The Morgan fingerprint density at radius 1 is 0.872 bits per heavy atom. The molecule has 1 heterocycles. The van der Waals surface area contributed by atoms with Crippen molar-refractivity contribution in [1.82, 2.24) is 4.90 Å². The summed E-state index contributed by atoms with van der Waals surface area (Å²) >= 11 is 0. The first-order valence-corrected chi connectivity index (χ1v) is 15.2. The van der Waals surface area contributed by atoms with Gasteiger partial charge in [0.2, 0.25) is 5.91 Å². The first-order chi connectivity index (χ1) is 18.6. The minimum atomic E-state index is -0.285. The topological polar surface area (TPSA) is 50.5 Å². The first kappa shape index (κ1) is 32.5. The molecule has 0 aliphatic heterocycles. The molecule has 0 fully saturated rings. The van der Waals surface area contributed by atoms with Gasteiger partial charge in [-0.3, -0.25) is 14.5 Å². The van der Waals surface area contributed by atoms with E-state index in [0.29, 0.717) is 12.2 Å². The molecule has 216 valence electrons. The average Bonchev–Trinajstić information content (AvgIpc) is 2.89. The summed E-state index contributed by atoms with van der Waals surface area (Å²) in [7, 11) is 1.93. The van der Waals surface area contributed by atoms with Gasteiger partial charge in [0, 0.05) is 29.7 Å². The first-order valence-electron chi connectivity index (χ1n) is 15.2. The molecule has 5 nitrogen and oxygen atoms in total. The van der Waals surface area contributed by atoms with Crippen LogP contribution in [0.4, 0.5) is 0 Å². The fraction of sp³-hybridized carbons (Fsp3) is 0.618. The highest BCUT2D eigenvalue weighted by Gasteiger charge is 2.25. The summed E-state index contributed by atoms with van der Waals surface area (Å²) in [4.78, 5) is 27.1. The van der Waals surface area contributed by atoms with E-state index < -0.39 is 0 Å². The molecular weight excluding hydrogens is 484 g/mol. The number of hydrogen-bond donors (Lipinski definition) is 0. The van der Waals surface area contributed by atoms with Crippen molar-refractivity contribution < 1.29 is 18.9 Å². The zero-order chi connectivity index (χ0) is 28.7. The fourth-order valence-corrected chi connectivity index (χ4v) is 4.91. The predicted molar refractivity (Wildman–Crippen MR) is 160 cm³/mol. The third-order valence-corrected chi connectivity index (χ3v) is 7.26. The smallest absolute Gasteiger partial charge is 0.260 e. The van der Waals surface area contributed by atoms with E-state index in [1.807, 2.05) is 48.3 Å². The van der Waals surface area contributed by atoms with Gasteiger partial charge in [-0.05, 0) is 36.1 Å². The van der Waals surface area contributed by atoms with E-state index in [1.54, 1.807) is 6.07 Å². The number of carbonyl (C=O) groups excluding carboxylic acids is 2. The van der Waals surface area contributed by atoms with Crippen molar-refractivity contribution in [2.45, 2.75) is 124 Å². The number of hydrogen-bond acceptors (Lipinski definition) is 3. The predicted octanol–water partition coefficient (Wildman–Crippen LogP) is 8.08. The number of carbonyl (C=O) groups is 2.